The van der Waals surface area contributed by atoms with E-state index < -0.39 is 34.1 Å². The van der Waals surface area contributed by atoms with E-state index in [4.69, 9.17) is 0 Å². The van der Waals surface area contributed by atoms with E-state index in [0.717, 1.165) is 31.1 Å². The Morgan fingerprint density at radius 1 is 1.08 bits per heavy atom. The predicted molar refractivity (Wildman–Crippen MR) is 143 cm³/mol. The second kappa shape index (κ2) is 12.6. The number of carbonyl (C=O) groups excluding carboxylic acids is 1. The molecule has 1 amide bonds. The molecule has 1 aromatic carbocycles. The molecule has 2 aliphatic rings. The number of benzene rings is 1. The molecule has 2 N–H and O–H groups in total. The number of unbranched alkanes of at least 4 members (excludes halogenated alkanes) is 5. The van der Waals surface area contributed by atoms with Gasteiger partial charge < -0.3 is 10.4 Å². The SMILES string of the molecule is Cc1cc(C(=O)O)cc(C)c1C=CS(=O)(=O)N1CCC2(CC1)N=C(CCCCCCCCC(F)(F)F)NC2=O. The first-order valence-electron chi connectivity index (χ1n) is 13.2. The Hall–Kier alpha value is -2.73. The summed E-state index contributed by atoms with van der Waals surface area (Å²) >= 11 is 0. The molecule has 0 radical (unpaired) electrons. The number of amides is 1. The van der Waals surface area contributed by atoms with E-state index in [-0.39, 0.29) is 43.8 Å². The number of nitrogens with one attached hydrogen (secondary N) is 1. The second-order valence-electron chi connectivity index (χ2n) is 10.4. The van der Waals surface area contributed by atoms with Gasteiger partial charge in [0.25, 0.3) is 5.91 Å². The summed E-state index contributed by atoms with van der Waals surface area (Å²) in [5.41, 5.74) is 1.12. The van der Waals surface area contributed by atoms with E-state index in [1.807, 2.05) is 0 Å². The zero-order valence-corrected chi connectivity index (χ0v) is 23.1. The Labute approximate surface area is 227 Å². The van der Waals surface area contributed by atoms with Crippen LogP contribution in [0, 0.1) is 13.8 Å². The van der Waals surface area contributed by atoms with Crippen LogP contribution >= 0.6 is 0 Å². The summed E-state index contributed by atoms with van der Waals surface area (Å²) in [6.07, 6.45) is 1.61. The van der Waals surface area contributed by atoms with Gasteiger partial charge in [0.1, 0.15) is 11.4 Å². The minimum absolute atomic E-state index is 0.140. The number of halogens is 3. The smallest absolute Gasteiger partial charge is 0.389 e. The summed E-state index contributed by atoms with van der Waals surface area (Å²) < 4.78 is 63.8. The molecule has 216 valence electrons. The van der Waals surface area contributed by atoms with Crippen molar-refractivity contribution in [2.45, 2.75) is 89.8 Å². The fraction of sp³-hybridized carbons (Fsp3) is 0.593. The Balaban J connectivity index is 1.49. The van der Waals surface area contributed by atoms with Crippen molar-refractivity contribution in [1.29, 1.82) is 0 Å². The van der Waals surface area contributed by atoms with E-state index in [1.165, 1.54) is 22.5 Å². The van der Waals surface area contributed by atoms with E-state index in [1.54, 1.807) is 13.8 Å². The molecule has 2 aliphatic heterocycles. The van der Waals surface area contributed by atoms with Gasteiger partial charge >= 0.3 is 12.1 Å². The number of alkyl halides is 3. The first kappa shape index (κ1) is 30.8. The zero-order chi connectivity index (χ0) is 28.8. The number of aromatic carboxylic acids is 1. The third-order valence-electron chi connectivity index (χ3n) is 7.31. The molecule has 8 nitrogen and oxygen atoms in total. The van der Waals surface area contributed by atoms with Crippen molar-refractivity contribution in [2.75, 3.05) is 13.1 Å². The lowest BCUT2D eigenvalue weighted by molar-refractivity contribution is -0.135. The highest BCUT2D eigenvalue weighted by Crippen LogP contribution is 2.32. The molecular formula is C27H36F3N3O5S. The number of aliphatic imine (C=N–C) groups is 1. The Morgan fingerprint density at radius 3 is 2.21 bits per heavy atom. The third kappa shape index (κ3) is 8.38. The molecule has 3 rings (SSSR count). The molecule has 1 saturated heterocycles. The molecule has 2 heterocycles. The number of amidine groups is 1. The number of nitrogens with zero attached hydrogens (tertiary/aromatic N) is 2. The van der Waals surface area contributed by atoms with Crippen molar-refractivity contribution in [3.8, 4) is 0 Å². The molecule has 1 aromatic rings. The van der Waals surface area contributed by atoms with Crippen LogP contribution in [-0.4, -0.2) is 60.3 Å². The summed E-state index contributed by atoms with van der Waals surface area (Å²) in [5.74, 6) is -0.683. The lowest BCUT2D eigenvalue weighted by Crippen LogP contribution is -2.50. The van der Waals surface area contributed by atoms with Crippen LogP contribution in [0.4, 0.5) is 13.2 Å². The number of carboxylic acids is 1. The molecule has 0 bridgehead atoms. The normalized spacial score (nSPS) is 18.1. The summed E-state index contributed by atoms with van der Waals surface area (Å²) in [6.45, 7) is 3.74. The van der Waals surface area contributed by atoms with Crippen LogP contribution in [0.15, 0.2) is 22.5 Å². The largest absolute Gasteiger partial charge is 0.478 e. The van der Waals surface area contributed by atoms with Gasteiger partial charge in [0.15, 0.2) is 0 Å². The number of aryl methyl sites for hydroxylation is 2. The number of hydrogen-bond acceptors (Lipinski definition) is 5. The van der Waals surface area contributed by atoms with Gasteiger partial charge in [-0.1, -0.05) is 25.7 Å². The van der Waals surface area contributed by atoms with Gasteiger partial charge in [-0.05, 0) is 74.4 Å². The number of carboxylic acid groups (broad SMARTS) is 1. The average Bonchev–Trinajstić information content (AvgIpc) is 3.13. The summed E-state index contributed by atoms with van der Waals surface area (Å²) in [5, 5.41) is 13.1. The van der Waals surface area contributed by atoms with Crippen LogP contribution in [0.3, 0.4) is 0 Å². The molecule has 0 unspecified atom stereocenters. The van der Waals surface area contributed by atoms with E-state index in [2.05, 4.69) is 10.3 Å². The van der Waals surface area contributed by atoms with E-state index in [9.17, 15) is 36.3 Å². The van der Waals surface area contributed by atoms with Crippen LogP contribution in [0.5, 0.6) is 0 Å². The van der Waals surface area contributed by atoms with Crippen LogP contribution in [0.1, 0.15) is 91.3 Å². The second-order valence-corrected chi connectivity index (χ2v) is 12.2. The van der Waals surface area contributed by atoms with Crippen molar-refractivity contribution >= 4 is 33.8 Å². The molecular weight excluding hydrogens is 535 g/mol. The summed E-state index contributed by atoms with van der Waals surface area (Å²) in [7, 11) is -3.76. The topological polar surface area (TPSA) is 116 Å². The summed E-state index contributed by atoms with van der Waals surface area (Å²) in [6, 6.07) is 3.00. The van der Waals surface area contributed by atoms with Gasteiger partial charge in [0.2, 0.25) is 10.0 Å². The molecule has 0 aromatic heterocycles. The predicted octanol–water partition coefficient (Wildman–Crippen LogP) is 5.35. The number of rotatable bonds is 12. The maximum Gasteiger partial charge on any atom is 0.389 e. The van der Waals surface area contributed by atoms with Gasteiger partial charge in [-0.25, -0.2) is 13.2 Å². The minimum Gasteiger partial charge on any atom is -0.478 e. The number of piperidine rings is 1. The lowest BCUT2D eigenvalue weighted by Gasteiger charge is -2.34. The van der Waals surface area contributed by atoms with Crippen molar-refractivity contribution in [3.05, 3.63) is 39.8 Å². The van der Waals surface area contributed by atoms with E-state index in [0.29, 0.717) is 35.4 Å². The molecule has 0 saturated carbocycles. The monoisotopic (exact) mass is 571 g/mol. The fourth-order valence-corrected chi connectivity index (χ4v) is 6.25. The van der Waals surface area contributed by atoms with Crippen molar-refractivity contribution in [3.63, 3.8) is 0 Å². The van der Waals surface area contributed by atoms with Gasteiger partial charge in [-0.3, -0.25) is 9.79 Å². The van der Waals surface area contributed by atoms with Crippen LogP contribution in [-0.2, 0) is 14.8 Å². The van der Waals surface area contributed by atoms with Gasteiger partial charge in [0, 0.05) is 31.3 Å². The van der Waals surface area contributed by atoms with Crippen LogP contribution < -0.4 is 5.32 Å². The van der Waals surface area contributed by atoms with E-state index >= 15 is 0 Å². The number of sulfonamides is 1. The molecule has 1 spiro atoms. The highest BCUT2D eigenvalue weighted by atomic mass is 32.2. The molecule has 0 aliphatic carbocycles. The highest BCUT2D eigenvalue weighted by Gasteiger charge is 2.46. The molecule has 12 heteroatoms. The zero-order valence-electron chi connectivity index (χ0n) is 22.3. The van der Waals surface area contributed by atoms with Gasteiger partial charge in [-0.2, -0.15) is 17.5 Å². The average molecular weight is 572 g/mol. The third-order valence-corrected chi connectivity index (χ3v) is 8.88. The Morgan fingerprint density at radius 2 is 1.64 bits per heavy atom. The fourth-order valence-electron chi connectivity index (χ4n) is 5.08. The van der Waals surface area contributed by atoms with Crippen molar-refractivity contribution in [1.82, 2.24) is 9.62 Å². The molecule has 1 fully saturated rings. The first-order valence-corrected chi connectivity index (χ1v) is 14.7. The van der Waals surface area contributed by atoms with Crippen LogP contribution in [0.25, 0.3) is 6.08 Å². The van der Waals surface area contributed by atoms with Crippen molar-refractivity contribution < 1.29 is 36.3 Å². The maximum atomic E-state index is 13.0. The quantitative estimate of drug-likeness (QED) is 0.328. The summed E-state index contributed by atoms with van der Waals surface area (Å²) in [4.78, 5) is 28.6. The Bertz CT molecular complexity index is 1210. The maximum absolute atomic E-state index is 13.0. The van der Waals surface area contributed by atoms with Crippen molar-refractivity contribution in [2.24, 2.45) is 4.99 Å². The molecule has 0 atom stereocenters. The molecule has 39 heavy (non-hydrogen) atoms. The lowest BCUT2D eigenvalue weighted by atomic mass is 9.89. The van der Waals surface area contributed by atoms with Gasteiger partial charge in [-0.15, -0.1) is 0 Å². The minimum atomic E-state index is -4.10. The number of hydrogen-bond donors (Lipinski definition) is 2. The highest BCUT2D eigenvalue weighted by molar-refractivity contribution is 7.92. The standard InChI is InChI=1S/C27H36F3N3O5S/c1-19-17-21(24(34)35)18-20(2)22(19)10-16-39(37,38)33-14-12-26(13-15-33)25(36)31-23(32-26)9-7-5-3-4-6-8-11-27(28,29)30/h10,16-18H,3-9,11-15H2,1-2H3,(H,34,35)(H,31,32,36). The Kier molecular flexibility index (Phi) is 9.98. The van der Waals surface area contributed by atoms with Gasteiger partial charge in [0.05, 0.1) is 5.56 Å². The van der Waals surface area contributed by atoms with Crippen LogP contribution in [0.2, 0.25) is 0 Å². The number of carbonyl (C=O) groups is 2. The first-order chi connectivity index (χ1) is 18.2.